The molecule has 1 aromatic carbocycles. The Balaban J connectivity index is 1.70. The summed E-state index contributed by atoms with van der Waals surface area (Å²) in [5, 5.41) is 10.8. The minimum absolute atomic E-state index is 0.0243. The van der Waals surface area contributed by atoms with Gasteiger partial charge in [-0.2, -0.15) is 9.90 Å². The Morgan fingerprint density at radius 2 is 2.08 bits per heavy atom. The Morgan fingerprint density at radius 1 is 1.33 bits per heavy atom. The molecule has 8 heteroatoms. The highest BCUT2D eigenvalue weighted by atomic mass is 16.2. The van der Waals surface area contributed by atoms with Crippen molar-refractivity contribution in [1.29, 1.82) is 0 Å². The van der Waals surface area contributed by atoms with Gasteiger partial charge >= 0.3 is 6.03 Å². The van der Waals surface area contributed by atoms with E-state index in [-0.39, 0.29) is 24.5 Å². The molecule has 2 heterocycles. The smallest absolute Gasteiger partial charge is 0.322 e. The molecule has 1 aliphatic heterocycles. The SMILES string of the molecule is CC1Cc2ccccc2N1C(=O)Cn1ncc(NC(=O)N(C)C)n1. The highest BCUT2D eigenvalue weighted by molar-refractivity contribution is 5.96. The number of para-hydroxylation sites is 1. The van der Waals surface area contributed by atoms with Crippen LogP contribution in [0.1, 0.15) is 12.5 Å². The average Bonchev–Trinajstić information content (AvgIpc) is 3.09. The summed E-state index contributed by atoms with van der Waals surface area (Å²) in [4.78, 5) is 28.7. The zero-order valence-electron chi connectivity index (χ0n) is 13.9. The molecule has 3 rings (SSSR count). The van der Waals surface area contributed by atoms with Gasteiger partial charge in [0, 0.05) is 25.8 Å². The first kappa shape index (κ1) is 16.0. The molecule has 2 aromatic rings. The van der Waals surface area contributed by atoms with Gasteiger partial charge in [0.25, 0.3) is 5.91 Å². The van der Waals surface area contributed by atoms with Crippen LogP contribution in [-0.2, 0) is 17.8 Å². The summed E-state index contributed by atoms with van der Waals surface area (Å²) in [6.45, 7) is 2.05. The second-order valence-electron chi connectivity index (χ2n) is 6.03. The number of fused-ring (bicyclic) bond motifs is 1. The number of benzene rings is 1. The summed E-state index contributed by atoms with van der Waals surface area (Å²) in [5.41, 5.74) is 2.12. The fraction of sp³-hybridized carbons (Fsp3) is 0.375. The lowest BCUT2D eigenvalue weighted by molar-refractivity contribution is -0.119. The Labute approximate surface area is 140 Å². The van der Waals surface area contributed by atoms with E-state index in [1.165, 1.54) is 21.5 Å². The van der Waals surface area contributed by atoms with E-state index in [4.69, 9.17) is 0 Å². The van der Waals surface area contributed by atoms with E-state index in [1.54, 1.807) is 19.0 Å². The molecule has 0 spiro atoms. The summed E-state index contributed by atoms with van der Waals surface area (Å²) in [7, 11) is 3.27. The quantitative estimate of drug-likeness (QED) is 0.922. The first-order chi connectivity index (χ1) is 11.5. The molecule has 126 valence electrons. The summed E-state index contributed by atoms with van der Waals surface area (Å²) in [6.07, 6.45) is 2.27. The molecule has 1 unspecified atom stereocenters. The topological polar surface area (TPSA) is 83.4 Å². The van der Waals surface area contributed by atoms with Crippen molar-refractivity contribution in [2.45, 2.75) is 25.9 Å². The van der Waals surface area contributed by atoms with Gasteiger partial charge in [-0.3, -0.25) is 10.1 Å². The highest BCUT2D eigenvalue weighted by Gasteiger charge is 2.30. The fourth-order valence-electron chi connectivity index (χ4n) is 2.79. The molecule has 8 nitrogen and oxygen atoms in total. The Bertz CT molecular complexity index is 769. The van der Waals surface area contributed by atoms with Gasteiger partial charge in [-0.05, 0) is 25.0 Å². The number of urea groups is 1. The normalized spacial score (nSPS) is 16.0. The first-order valence-electron chi connectivity index (χ1n) is 7.74. The molecule has 1 aliphatic rings. The number of rotatable bonds is 3. The van der Waals surface area contributed by atoms with Crippen LogP contribution in [0.3, 0.4) is 0 Å². The third-order valence-corrected chi connectivity index (χ3v) is 3.93. The second-order valence-corrected chi connectivity index (χ2v) is 6.03. The van der Waals surface area contributed by atoms with Crippen molar-refractivity contribution in [3.63, 3.8) is 0 Å². The number of carbonyl (C=O) groups excluding carboxylic acids is 2. The van der Waals surface area contributed by atoms with Crippen LogP contribution in [0, 0.1) is 0 Å². The fourth-order valence-corrected chi connectivity index (χ4v) is 2.79. The van der Waals surface area contributed by atoms with Crippen molar-refractivity contribution < 1.29 is 9.59 Å². The number of amides is 3. The van der Waals surface area contributed by atoms with Crippen molar-refractivity contribution >= 4 is 23.4 Å². The van der Waals surface area contributed by atoms with Gasteiger partial charge in [0.05, 0.1) is 6.20 Å². The van der Waals surface area contributed by atoms with Crippen LogP contribution >= 0.6 is 0 Å². The zero-order valence-corrected chi connectivity index (χ0v) is 13.9. The standard InChI is InChI=1S/C16H20N6O2/c1-11-8-12-6-4-5-7-13(12)22(11)15(23)10-21-17-9-14(19-21)18-16(24)20(2)3/h4-7,9,11H,8,10H2,1-3H3,(H,18,19,24). The molecule has 24 heavy (non-hydrogen) atoms. The third-order valence-electron chi connectivity index (χ3n) is 3.93. The molecule has 1 aromatic heterocycles. The predicted octanol–water partition coefficient (Wildman–Crippen LogP) is 1.35. The minimum Gasteiger partial charge on any atom is -0.331 e. The van der Waals surface area contributed by atoms with Gasteiger partial charge in [0.2, 0.25) is 0 Å². The molecule has 0 saturated heterocycles. The van der Waals surface area contributed by atoms with Crippen molar-refractivity contribution in [2.75, 3.05) is 24.3 Å². The highest BCUT2D eigenvalue weighted by Crippen LogP contribution is 2.31. The van der Waals surface area contributed by atoms with Crippen LogP contribution < -0.4 is 10.2 Å². The largest absolute Gasteiger partial charge is 0.331 e. The molecule has 1 atom stereocenters. The number of carbonyl (C=O) groups is 2. The lowest BCUT2D eigenvalue weighted by atomic mass is 10.1. The molecule has 0 saturated carbocycles. The van der Waals surface area contributed by atoms with Gasteiger partial charge in [-0.1, -0.05) is 18.2 Å². The van der Waals surface area contributed by atoms with E-state index in [2.05, 4.69) is 15.5 Å². The molecule has 0 bridgehead atoms. The van der Waals surface area contributed by atoms with Gasteiger partial charge in [-0.25, -0.2) is 4.79 Å². The van der Waals surface area contributed by atoms with Crippen molar-refractivity contribution in [3.05, 3.63) is 36.0 Å². The Hall–Kier alpha value is -2.90. The Kier molecular flexibility index (Phi) is 4.20. The van der Waals surface area contributed by atoms with Gasteiger partial charge < -0.3 is 9.80 Å². The number of hydrogen-bond donors (Lipinski definition) is 1. The van der Waals surface area contributed by atoms with Crippen LogP contribution in [0.5, 0.6) is 0 Å². The zero-order chi connectivity index (χ0) is 17.3. The number of aromatic nitrogens is 3. The van der Waals surface area contributed by atoms with E-state index >= 15 is 0 Å². The van der Waals surface area contributed by atoms with E-state index in [0.29, 0.717) is 5.82 Å². The lowest BCUT2D eigenvalue weighted by Gasteiger charge is -2.22. The Morgan fingerprint density at radius 3 is 2.83 bits per heavy atom. The van der Waals surface area contributed by atoms with Crippen LogP contribution in [0.2, 0.25) is 0 Å². The molecule has 0 radical (unpaired) electrons. The summed E-state index contributed by atoms with van der Waals surface area (Å²) >= 11 is 0. The number of nitrogens with one attached hydrogen (secondary N) is 1. The van der Waals surface area contributed by atoms with Crippen molar-refractivity contribution in [1.82, 2.24) is 19.9 Å². The predicted molar refractivity (Wildman–Crippen MR) is 89.8 cm³/mol. The average molecular weight is 328 g/mol. The van der Waals surface area contributed by atoms with E-state index in [9.17, 15) is 9.59 Å². The third kappa shape index (κ3) is 3.08. The van der Waals surface area contributed by atoms with Crippen molar-refractivity contribution in [2.24, 2.45) is 0 Å². The monoisotopic (exact) mass is 328 g/mol. The molecular formula is C16H20N6O2. The minimum atomic E-state index is -0.296. The van der Waals surface area contributed by atoms with Crippen LogP contribution in [0.25, 0.3) is 0 Å². The number of hydrogen-bond acceptors (Lipinski definition) is 4. The summed E-state index contributed by atoms with van der Waals surface area (Å²) in [5.74, 6) is 0.241. The molecular weight excluding hydrogens is 308 g/mol. The maximum Gasteiger partial charge on any atom is 0.322 e. The maximum atomic E-state index is 12.7. The van der Waals surface area contributed by atoms with Crippen molar-refractivity contribution in [3.8, 4) is 0 Å². The van der Waals surface area contributed by atoms with E-state index in [0.717, 1.165) is 12.1 Å². The van der Waals surface area contributed by atoms with Crippen LogP contribution in [0.15, 0.2) is 30.5 Å². The number of nitrogens with zero attached hydrogens (tertiary/aromatic N) is 5. The van der Waals surface area contributed by atoms with E-state index < -0.39 is 0 Å². The molecule has 1 N–H and O–H groups in total. The van der Waals surface area contributed by atoms with E-state index in [1.807, 2.05) is 31.2 Å². The lowest BCUT2D eigenvalue weighted by Crippen LogP contribution is -2.38. The summed E-state index contributed by atoms with van der Waals surface area (Å²) in [6, 6.07) is 7.72. The second kappa shape index (κ2) is 6.31. The van der Waals surface area contributed by atoms with Gasteiger partial charge in [-0.15, -0.1) is 5.10 Å². The van der Waals surface area contributed by atoms with Gasteiger partial charge in [0.1, 0.15) is 6.54 Å². The molecule has 0 fully saturated rings. The van der Waals surface area contributed by atoms with Crippen LogP contribution in [0.4, 0.5) is 16.3 Å². The molecule has 3 amide bonds. The summed E-state index contributed by atoms with van der Waals surface area (Å²) < 4.78 is 0. The molecule has 0 aliphatic carbocycles. The first-order valence-corrected chi connectivity index (χ1v) is 7.74. The van der Waals surface area contributed by atoms with Crippen LogP contribution in [-0.4, -0.2) is 52.0 Å². The maximum absolute atomic E-state index is 12.7. The number of anilines is 2. The van der Waals surface area contributed by atoms with Gasteiger partial charge in [0.15, 0.2) is 5.82 Å².